The van der Waals surface area contributed by atoms with Crippen molar-refractivity contribution in [2.45, 2.75) is 13.5 Å². The standard InChI is InChI=1S/C19H22N6O2/c1-13-11-16(23-19(20)22-13)14-3-5-15(6-4-14)18(27)25(9-10-26)12-17-21-7-8-24(17)2/h3-8,11,26H,9-10,12H2,1-2H3,(H2,20,22,23). The summed E-state index contributed by atoms with van der Waals surface area (Å²) in [6.45, 7) is 2.29. The number of hydrogen-bond donors (Lipinski definition) is 2. The predicted octanol–water partition coefficient (Wildman–Crippen LogP) is 1.40. The van der Waals surface area contributed by atoms with Gasteiger partial charge in [-0.1, -0.05) is 12.1 Å². The van der Waals surface area contributed by atoms with Gasteiger partial charge < -0.3 is 20.3 Å². The second kappa shape index (κ2) is 7.96. The minimum Gasteiger partial charge on any atom is -0.395 e. The summed E-state index contributed by atoms with van der Waals surface area (Å²) in [6.07, 6.45) is 3.50. The Labute approximate surface area is 157 Å². The Morgan fingerprint density at radius 1 is 1.26 bits per heavy atom. The normalized spacial score (nSPS) is 10.8. The highest BCUT2D eigenvalue weighted by Crippen LogP contribution is 2.20. The molecule has 1 aromatic carbocycles. The third-order valence-electron chi connectivity index (χ3n) is 4.21. The molecule has 8 nitrogen and oxygen atoms in total. The molecular weight excluding hydrogens is 344 g/mol. The van der Waals surface area contributed by atoms with Crippen LogP contribution >= 0.6 is 0 Å². The molecule has 3 N–H and O–H groups in total. The molecule has 2 aromatic heterocycles. The number of imidazole rings is 1. The van der Waals surface area contributed by atoms with Crippen LogP contribution in [0.15, 0.2) is 42.7 Å². The first-order chi connectivity index (χ1) is 13.0. The minimum atomic E-state index is -0.169. The highest BCUT2D eigenvalue weighted by molar-refractivity contribution is 5.94. The molecule has 0 bridgehead atoms. The van der Waals surface area contributed by atoms with Crippen molar-refractivity contribution in [1.29, 1.82) is 0 Å². The van der Waals surface area contributed by atoms with Crippen LogP contribution in [0.4, 0.5) is 5.95 Å². The van der Waals surface area contributed by atoms with Gasteiger partial charge in [0.2, 0.25) is 5.95 Å². The summed E-state index contributed by atoms with van der Waals surface area (Å²) < 4.78 is 1.85. The fourth-order valence-electron chi connectivity index (χ4n) is 2.80. The van der Waals surface area contributed by atoms with Crippen LogP contribution < -0.4 is 5.73 Å². The molecular formula is C19H22N6O2. The Balaban J connectivity index is 1.81. The summed E-state index contributed by atoms with van der Waals surface area (Å²) in [5.74, 6) is 0.798. The molecule has 0 aliphatic heterocycles. The largest absolute Gasteiger partial charge is 0.395 e. The third kappa shape index (κ3) is 4.29. The van der Waals surface area contributed by atoms with Gasteiger partial charge in [0.1, 0.15) is 5.82 Å². The van der Waals surface area contributed by atoms with Crippen molar-refractivity contribution in [2.24, 2.45) is 7.05 Å². The molecule has 0 fully saturated rings. The number of nitrogen functional groups attached to an aromatic ring is 1. The Bertz CT molecular complexity index is 915. The number of benzene rings is 1. The maximum atomic E-state index is 12.9. The number of nitrogens with zero attached hydrogens (tertiary/aromatic N) is 5. The monoisotopic (exact) mass is 366 g/mol. The Morgan fingerprint density at radius 3 is 2.59 bits per heavy atom. The van der Waals surface area contributed by atoms with Crippen LogP contribution in [0.5, 0.6) is 0 Å². The topological polar surface area (TPSA) is 110 Å². The fourth-order valence-corrected chi connectivity index (χ4v) is 2.80. The van der Waals surface area contributed by atoms with Gasteiger partial charge in [-0.05, 0) is 25.1 Å². The van der Waals surface area contributed by atoms with Gasteiger partial charge in [-0.15, -0.1) is 0 Å². The lowest BCUT2D eigenvalue weighted by molar-refractivity contribution is 0.0701. The molecule has 0 aliphatic carbocycles. The number of carbonyl (C=O) groups excluding carboxylic acids is 1. The zero-order valence-corrected chi connectivity index (χ0v) is 15.3. The number of aliphatic hydroxyl groups excluding tert-OH is 1. The lowest BCUT2D eigenvalue weighted by Crippen LogP contribution is -2.34. The average molecular weight is 366 g/mol. The van der Waals surface area contributed by atoms with Crippen LogP contribution in [-0.4, -0.2) is 48.6 Å². The van der Waals surface area contributed by atoms with Crippen molar-refractivity contribution in [2.75, 3.05) is 18.9 Å². The maximum absolute atomic E-state index is 12.9. The van der Waals surface area contributed by atoms with Gasteiger partial charge in [0.25, 0.3) is 5.91 Å². The molecule has 0 unspecified atom stereocenters. The first-order valence-electron chi connectivity index (χ1n) is 8.56. The van der Waals surface area contributed by atoms with Gasteiger partial charge in [-0.2, -0.15) is 0 Å². The van der Waals surface area contributed by atoms with Crippen LogP contribution in [0.2, 0.25) is 0 Å². The number of anilines is 1. The average Bonchev–Trinajstić information content (AvgIpc) is 3.05. The van der Waals surface area contributed by atoms with Gasteiger partial charge in [-0.25, -0.2) is 15.0 Å². The van der Waals surface area contributed by atoms with E-state index in [2.05, 4.69) is 15.0 Å². The Hall–Kier alpha value is -3.26. The molecule has 8 heteroatoms. The number of hydrogen-bond acceptors (Lipinski definition) is 6. The van der Waals surface area contributed by atoms with Crippen LogP contribution in [-0.2, 0) is 13.6 Å². The van der Waals surface area contributed by atoms with E-state index in [-0.39, 0.29) is 25.0 Å². The van der Waals surface area contributed by atoms with E-state index < -0.39 is 0 Å². The first kappa shape index (κ1) is 18.5. The number of aryl methyl sites for hydroxylation is 2. The van der Waals surface area contributed by atoms with E-state index in [9.17, 15) is 9.90 Å². The number of rotatable bonds is 6. The summed E-state index contributed by atoms with van der Waals surface area (Å²) in [7, 11) is 1.87. The second-order valence-electron chi connectivity index (χ2n) is 6.23. The molecule has 0 aliphatic rings. The summed E-state index contributed by atoms with van der Waals surface area (Å²) >= 11 is 0. The van der Waals surface area contributed by atoms with E-state index in [1.54, 1.807) is 23.2 Å². The van der Waals surface area contributed by atoms with Gasteiger partial charge in [0.05, 0.1) is 18.8 Å². The van der Waals surface area contributed by atoms with Crippen molar-refractivity contribution in [3.8, 4) is 11.3 Å². The van der Waals surface area contributed by atoms with Crippen LogP contribution in [0, 0.1) is 6.92 Å². The highest BCUT2D eigenvalue weighted by atomic mass is 16.3. The molecule has 27 heavy (non-hydrogen) atoms. The quantitative estimate of drug-likeness (QED) is 0.682. The molecule has 140 valence electrons. The number of aliphatic hydroxyl groups is 1. The molecule has 0 saturated carbocycles. The highest BCUT2D eigenvalue weighted by Gasteiger charge is 2.17. The fraction of sp³-hybridized carbons (Fsp3) is 0.263. The van der Waals surface area contributed by atoms with E-state index in [4.69, 9.17) is 5.73 Å². The van der Waals surface area contributed by atoms with Crippen molar-refractivity contribution in [3.63, 3.8) is 0 Å². The zero-order chi connectivity index (χ0) is 19.4. The third-order valence-corrected chi connectivity index (χ3v) is 4.21. The van der Waals surface area contributed by atoms with E-state index in [0.717, 1.165) is 17.1 Å². The van der Waals surface area contributed by atoms with Gasteiger partial charge in [0.15, 0.2) is 0 Å². The summed E-state index contributed by atoms with van der Waals surface area (Å²) in [4.78, 5) is 27.0. The van der Waals surface area contributed by atoms with E-state index in [1.807, 2.05) is 42.9 Å². The predicted molar refractivity (Wildman–Crippen MR) is 102 cm³/mol. The van der Waals surface area contributed by atoms with Crippen LogP contribution in [0.1, 0.15) is 21.9 Å². The number of aromatic nitrogens is 4. The Morgan fingerprint density at radius 2 is 2.00 bits per heavy atom. The van der Waals surface area contributed by atoms with Gasteiger partial charge in [0, 0.05) is 42.8 Å². The van der Waals surface area contributed by atoms with Gasteiger partial charge in [-0.3, -0.25) is 4.79 Å². The maximum Gasteiger partial charge on any atom is 0.254 e. The minimum absolute atomic E-state index is 0.117. The summed E-state index contributed by atoms with van der Waals surface area (Å²) in [6, 6.07) is 8.98. The number of nitrogens with two attached hydrogens (primary N) is 1. The number of amides is 1. The zero-order valence-electron chi connectivity index (χ0n) is 15.3. The van der Waals surface area contributed by atoms with Crippen molar-refractivity contribution in [3.05, 3.63) is 59.8 Å². The molecule has 2 heterocycles. The van der Waals surface area contributed by atoms with Crippen molar-refractivity contribution >= 4 is 11.9 Å². The molecule has 3 aromatic rings. The van der Waals surface area contributed by atoms with Crippen molar-refractivity contribution < 1.29 is 9.90 Å². The van der Waals surface area contributed by atoms with Crippen molar-refractivity contribution in [1.82, 2.24) is 24.4 Å². The van der Waals surface area contributed by atoms with E-state index in [0.29, 0.717) is 17.8 Å². The second-order valence-corrected chi connectivity index (χ2v) is 6.23. The summed E-state index contributed by atoms with van der Waals surface area (Å²) in [5, 5.41) is 9.33. The SMILES string of the molecule is Cc1cc(-c2ccc(C(=O)N(CCO)Cc3nccn3C)cc2)nc(N)n1. The van der Waals surface area contributed by atoms with Crippen LogP contribution in [0.25, 0.3) is 11.3 Å². The first-order valence-corrected chi connectivity index (χ1v) is 8.56. The molecule has 3 rings (SSSR count). The molecule has 0 spiro atoms. The molecule has 0 atom stereocenters. The molecule has 1 amide bonds. The molecule has 0 saturated heterocycles. The van der Waals surface area contributed by atoms with E-state index in [1.165, 1.54) is 0 Å². The number of carbonyl (C=O) groups is 1. The summed E-state index contributed by atoms with van der Waals surface area (Å²) in [5.41, 5.74) is 8.57. The van der Waals surface area contributed by atoms with Crippen LogP contribution in [0.3, 0.4) is 0 Å². The molecule has 0 radical (unpaired) electrons. The lowest BCUT2D eigenvalue weighted by atomic mass is 10.1. The smallest absolute Gasteiger partial charge is 0.254 e. The van der Waals surface area contributed by atoms with E-state index >= 15 is 0 Å². The Kier molecular flexibility index (Phi) is 5.46. The lowest BCUT2D eigenvalue weighted by Gasteiger charge is -2.21. The van der Waals surface area contributed by atoms with Gasteiger partial charge >= 0.3 is 0 Å².